The lowest BCUT2D eigenvalue weighted by Crippen LogP contribution is -1.90. The first-order valence-corrected chi connectivity index (χ1v) is 2.89. The van der Waals surface area contributed by atoms with Crippen molar-refractivity contribution in [1.82, 2.24) is 20.0 Å². The normalized spacial score (nSPS) is 10.6. The SMILES string of the molecule is Nc1ncnc2nn(F)cc12. The molecule has 56 valence electrons. The molecule has 0 amide bonds. The average molecular weight is 153 g/mol. The van der Waals surface area contributed by atoms with Crippen molar-refractivity contribution in [3.63, 3.8) is 0 Å². The van der Waals surface area contributed by atoms with Gasteiger partial charge in [0.1, 0.15) is 12.1 Å². The van der Waals surface area contributed by atoms with Gasteiger partial charge in [-0.3, -0.25) is 0 Å². The van der Waals surface area contributed by atoms with E-state index >= 15 is 0 Å². The average Bonchev–Trinajstić information content (AvgIpc) is 2.31. The topological polar surface area (TPSA) is 69.6 Å². The van der Waals surface area contributed by atoms with Gasteiger partial charge >= 0.3 is 0 Å². The van der Waals surface area contributed by atoms with E-state index in [1.54, 1.807) is 0 Å². The highest BCUT2D eigenvalue weighted by atomic mass is 19.2. The molecule has 2 heterocycles. The number of nitrogens with zero attached hydrogens (tertiary/aromatic N) is 4. The summed E-state index contributed by atoms with van der Waals surface area (Å²) in [7, 11) is 0. The Morgan fingerprint density at radius 3 is 3.00 bits per heavy atom. The molecule has 0 aliphatic rings. The smallest absolute Gasteiger partial charge is 0.189 e. The van der Waals surface area contributed by atoms with E-state index in [4.69, 9.17) is 5.73 Å². The van der Waals surface area contributed by atoms with Gasteiger partial charge in [0.2, 0.25) is 0 Å². The molecule has 0 saturated carbocycles. The number of fused-ring (bicyclic) bond motifs is 1. The van der Waals surface area contributed by atoms with E-state index in [1.807, 2.05) is 0 Å². The lowest BCUT2D eigenvalue weighted by molar-refractivity contribution is 0.319. The summed E-state index contributed by atoms with van der Waals surface area (Å²) in [4.78, 5) is 7.53. The largest absolute Gasteiger partial charge is 0.383 e. The second kappa shape index (κ2) is 1.88. The predicted molar refractivity (Wildman–Crippen MR) is 36.2 cm³/mol. The molecule has 6 heteroatoms. The van der Waals surface area contributed by atoms with Crippen LogP contribution in [-0.2, 0) is 0 Å². The lowest BCUT2D eigenvalue weighted by Gasteiger charge is -1.88. The van der Waals surface area contributed by atoms with E-state index in [0.29, 0.717) is 5.39 Å². The molecule has 5 nitrogen and oxygen atoms in total. The van der Waals surface area contributed by atoms with Crippen LogP contribution in [0.3, 0.4) is 0 Å². The van der Waals surface area contributed by atoms with Gasteiger partial charge in [0.15, 0.2) is 5.65 Å². The van der Waals surface area contributed by atoms with Gasteiger partial charge in [-0.05, 0) is 0 Å². The quantitative estimate of drug-likeness (QED) is 0.584. The zero-order chi connectivity index (χ0) is 7.84. The Labute approximate surface area is 60.6 Å². The van der Waals surface area contributed by atoms with Crippen LogP contribution in [0.2, 0.25) is 0 Å². The molecule has 0 aliphatic heterocycles. The van der Waals surface area contributed by atoms with Crippen molar-refractivity contribution in [1.29, 1.82) is 0 Å². The van der Waals surface area contributed by atoms with Crippen LogP contribution in [0, 0.1) is 0 Å². The summed E-state index contributed by atoms with van der Waals surface area (Å²) in [5.41, 5.74) is 5.66. The Balaban J connectivity index is 2.90. The van der Waals surface area contributed by atoms with Gasteiger partial charge in [-0.1, -0.05) is 4.48 Å². The highest BCUT2D eigenvalue weighted by Crippen LogP contribution is 2.13. The van der Waals surface area contributed by atoms with Gasteiger partial charge in [0.05, 0.1) is 11.6 Å². The first-order valence-electron chi connectivity index (χ1n) is 2.89. The minimum Gasteiger partial charge on any atom is -0.383 e. The number of aromatic nitrogens is 4. The van der Waals surface area contributed by atoms with Crippen molar-refractivity contribution in [3.05, 3.63) is 12.5 Å². The summed E-state index contributed by atoms with van der Waals surface area (Å²) in [6, 6.07) is 0. The molecule has 2 aromatic rings. The third kappa shape index (κ3) is 0.794. The highest BCUT2D eigenvalue weighted by Gasteiger charge is 2.03. The van der Waals surface area contributed by atoms with Crippen LogP contribution in [-0.4, -0.2) is 20.0 Å². The number of hydrogen-bond donors (Lipinski definition) is 1. The lowest BCUT2D eigenvalue weighted by atomic mass is 10.4. The van der Waals surface area contributed by atoms with Gasteiger partial charge in [0.25, 0.3) is 0 Å². The molecule has 2 aromatic heterocycles. The van der Waals surface area contributed by atoms with E-state index in [1.165, 1.54) is 6.33 Å². The van der Waals surface area contributed by atoms with E-state index in [-0.39, 0.29) is 16.4 Å². The van der Waals surface area contributed by atoms with Crippen LogP contribution >= 0.6 is 0 Å². The van der Waals surface area contributed by atoms with Gasteiger partial charge < -0.3 is 5.73 Å². The maximum Gasteiger partial charge on any atom is 0.189 e. The minimum absolute atomic E-state index is 0.162. The number of hydrogen-bond acceptors (Lipinski definition) is 4. The van der Waals surface area contributed by atoms with Gasteiger partial charge in [0, 0.05) is 0 Å². The van der Waals surface area contributed by atoms with E-state index < -0.39 is 0 Å². The molecule has 2 rings (SSSR count). The highest BCUT2D eigenvalue weighted by molar-refractivity contribution is 5.84. The molecule has 11 heavy (non-hydrogen) atoms. The van der Waals surface area contributed by atoms with Crippen molar-refractivity contribution in [2.24, 2.45) is 0 Å². The zero-order valence-electron chi connectivity index (χ0n) is 5.40. The number of nitrogen functional groups attached to an aromatic ring is 1. The number of rotatable bonds is 0. The van der Waals surface area contributed by atoms with Crippen molar-refractivity contribution < 1.29 is 4.48 Å². The fourth-order valence-corrected chi connectivity index (χ4v) is 0.829. The number of halogens is 1. The second-order valence-corrected chi connectivity index (χ2v) is 2.01. The van der Waals surface area contributed by atoms with Crippen molar-refractivity contribution >= 4 is 16.9 Å². The van der Waals surface area contributed by atoms with Crippen molar-refractivity contribution in [2.75, 3.05) is 5.73 Å². The summed E-state index contributed by atoms with van der Waals surface area (Å²) < 4.78 is 12.4. The monoisotopic (exact) mass is 153 g/mol. The predicted octanol–water partition coefficient (Wildman–Crippen LogP) is 0.141. The molecule has 0 unspecified atom stereocenters. The molecule has 0 atom stereocenters. The molecule has 0 aliphatic carbocycles. The van der Waals surface area contributed by atoms with Crippen LogP contribution in [0.1, 0.15) is 0 Å². The Morgan fingerprint density at radius 2 is 2.27 bits per heavy atom. The third-order valence-corrected chi connectivity index (χ3v) is 1.32. The van der Waals surface area contributed by atoms with Gasteiger partial charge in [-0.15, -0.1) is 10.0 Å². The summed E-state index contributed by atoms with van der Waals surface area (Å²) in [6.07, 6.45) is 2.37. The molecule has 0 bridgehead atoms. The molecule has 0 radical (unpaired) electrons. The minimum atomic E-state index is 0.162. The fourth-order valence-electron chi connectivity index (χ4n) is 0.829. The van der Waals surface area contributed by atoms with E-state index in [0.717, 1.165) is 6.20 Å². The molecule has 0 aromatic carbocycles. The van der Waals surface area contributed by atoms with Gasteiger partial charge in [-0.25, -0.2) is 9.97 Å². The summed E-state index contributed by atoms with van der Waals surface area (Å²) in [5, 5.41) is 3.82. The molecule has 0 fully saturated rings. The Bertz CT molecular complexity index is 395. The van der Waals surface area contributed by atoms with Crippen molar-refractivity contribution in [2.45, 2.75) is 0 Å². The maximum absolute atomic E-state index is 12.4. The first-order chi connectivity index (χ1) is 5.27. The molecule has 0 saturated heterocycles. The summed E-state index contributed by atoms with van der Waals surface area (Å²) in [6.45, 7) is 0. The van der Waals surface area contributed by atoms with Crippen LogP contribution < -0.4 is 5.73 Å². The molecular weight excluding hydrogens is 149 g/mol. The number of anilines is 1. The Hall–Kier alpha value is -1.72. The Morgan fingerprint density at radius 1 is 1.45 bits per heavy atom. The summed E-state index contributed by atoms with van der Waals surface area (Å²) in [5.74, 6) is 0.235. The molecule has 2 N–H and O–H groups in total. The van der Waals surface area contributed by atoms with E-state index in [2.05, 4.69) is 15.1 Å². The van der Waals surface area contributed by atoms with E-state index in [9.17, 15) is 4.48 Å². The van der Waals surface area contributed by atoms with Crippen LogP contribution in [0.15, 0.2) is 12.5 Å². The van der Waals surface area contributed by atoms with Crippen LogP contribution in [0.4, 0.5) is 10.3 Å². The van der Waals surface area contributed by atoms with Crippen molar-refractivity contribution in [3.8, 4) is 0 Å². The third-order valence-electron chi connectivity index (χ3n) is 1.32. The summed E-state index contributed by atoms with van der Waals surface area (Å²) >= 11 is 0. The Kier molecular flexibility index (Phi) is 1.03. The van der Waals surface area contributed by atoms with Crippen LogP contribution in [0.5, 0.6) is 0 Å². The van der Waals surface area contributed by atoms with Gasteiger partial charge in [-0.2, -0.15) is 0 Å². The maximum atomic E-state index is 12.4. The molecule has 0 spiro atoms. The first kappa shape index (κ1) is 6.02. The molecular formula is C5H4FN5. The fraction of sp³-hybridized carbons (Fsp3) is 0. The standard InChI is InChI=1S/C5H4FN5/c6-11-1-3-4(7)8-2-9-5(3)10-11/h1-2H,(H2,7,8,9,10). The van der Waals surface area contributed by atoms with Crippen LogP contribution in [0.25, 0.3) is 11.0 Å². The second-order valence-electron chi connectivity index (χ2n) is 2.01. The zero-order valence-corrected chi connectivity index (χ0v) is 5.40. The number of nitrogens with two attached hydrogens (primary N) is 1.